The summed E-state index contributed by atoms with van der Waals surface area (Å²) < 4.78 is 8.20. The number of nitrogens with zero attached hydrogens (tertiary/aromatic N) is 3. The fourth-order valence-corrected chi connectivity index (χ4v) is 3.78. The number of allylic oxidation sites excluding steroid dienone is 1. The Morgan fingerprint density at radius 1 is 1.03 bits per heavy atom. The molecule has 0 aliphatic rings. The second kappa shape index (κ2) is 11.1. The molecule has 0 bridgehead atoms. The third-order valence-corrected chi connectivity index (χ3v) is 5.41. The van der Waals surface area contributed by atoms with Crippen LogP contribution in [0.1, 0.15) is 34.7 Å². The van der Waals surface area contributed by atoms with E-state index in [1.165, 1.54) is 0 Å². The summed E-state index contributed by atoms with van der Waals surface area (Å²) >= 11 is 0. The van der Waals surface area contributed by atoms with Gasteiger partial charge in [-0.25, -0.2) is 4.98 Å². The van der Waals surface area contributed by atoms with E-state index in [1.807, 2.05) is 42.5 Å². The van der Waals surface area contributed by atoms with Crippen molar-refractivity contribution in [1.29, 1.82) is 0 Å². The number of amides is 1. The molecule has 4 rings (SSSR count). The number of nitrogens with one attached hydrogen (secondary N) is 1. The lowest BCUT2D eigenvalue weighted by molar-refractivity contribution is 0.0944. The summed E-state index contributed by atoms with van der Waals surface area (Å²) in [4.78, 5) is 21.3. The molecule has 2 heterocycles. The van der Waals surface area contributed by atoms with Gasteiger partial charge >= 0.3 is 0 Å². The number of fused-ring (bicyclic) bond motifs is 1. The lowest BCUT2D eigenvalue weighted by atomic mass is 10.1. The highest BCUT2D eigenvalue weighted by molar-refractivity contribution is 5.92. The Kier molecular flexibility index (Phi) is 7.48. The molecule has 0 spiro atoms. The van der Waals surface area contributed by atoms with Gasteiger partial charge in [0.1, 0.15) is 17.3 Å². The van der Waals surface area contributed by atoms with Gasteiger partial charge < -0.3 is 14.6 Å². The Morgan fingerprint density at radius 2 is 1.85 bits per heavy atom. The highest BCUT2D eigenvalue weighted by atomic mass is 16.5. The van der Waals surface area contributed by atoms with Crippen LogP contribution in [0.4, 0.5) is 0 Å². The van der Waals surface area contributed by atoms with Gasteiger partial charge in [-0.2, -0.15) is 0 Å². The maximum absolute atomic E-state index is 12.4. The number of pyridine rings is 1. The molecule has 0 saturated heterocycles. The first-order valence-corrected chi connectivity index (χ1v) is 11.2. The van der Waals surface area contributed by atoms with E-state index in [2.05, 4.69) is 33.6 Å². The minimum absolute atomic E-state index is 0.208. The van der Waals surface area contributed by atoms with Crippen LogP contribution in [0.3, 0.4) is 0 Å². The summed E-state index contributed by atoms with van der Waals surface area (Å²) in [5.74, 6) is 1.54. The number of imidazole rings is 1. The quantitative estimate of drug-likeness (QED) is 0.265. The van der Waals surface area contributed by atoms with Crippen molar-refractivity contribution < 1.29 is 9.53 Å². The Bertz CT molecular complexity index is 1220. The molecule has 1 N–H and O–H groups in total. The van der Waals surface area contributed by atoms with E-state index in [4.69, 9.17) is 9.72 Å². The number of benzene rings is 2. The summed E-state index contributed by atoms with van der Waals surface area (Å²) in [5.41, 5.74) is 3.54. The molecular formula is C27H28N4O2. The van der Waals surface area contributed by atoms with E-state index >= 15 is 0 Å². The standard InChI is InChI=1S/C27H28N4O2/c1-2-11-21-12-3-6-16-25(21)33-19-10-9-18-31-24-15-5-4-13-22(24)30-26(31)20-29-27(32)23-14-7-8-17-28-23/h2-8,12-17H,1,9-11,18-20H2,(H,29,32). The highest BCUT2D eigenvalue weighted by Crippen LogP contribution is 2.20. The molecule has 168 valence electrons. The number of hydrogen-bond acceptors (Lipinski definition) is 4. The van der Waals surface area contributed by atoms with Gasteiger partial charge in [0.05, 0.1) is 24.2 Å². The minimum Gasteiger partial charge on any atom is -0.493 e. The SMILES string of the molecule is C=CCc1ccccc1OCCCCn1c(CNC(=O)c2ccccn2)nc2ccccc21. The van der Waals surface area contributed by atoms with Gasteiger partial charge in [-0.05, 0) is 55.2 Å². The first kappa shape index (κ1) is 22.3. The average molecular weight is 441 g/mol. The van der Waals surface area contributed by atoms with E-state index in [0.717, 1.165) is 54.0 Å². The molecule has 0 fully saturated rings. The third-order valence-electron chi connectivity index (χ3n) is 5.41. The molecule has 33 heavy (non-hydrogen) atoms. The van der Waals surface area contributed by atoms with Crippen LogP contribution in [0.2, 0.25) is 0 Å². The molecule has 0 aliphatic heterocycles. The predicted octanol–water partition coefficient (Wildman–Crippen LogP) is 4.95. The number of para-hydroxylation sites is 3. The number of carbonyl (C=O) groups excluding carboxylic acids is 1. The summed E-state index contributed by atoms with van der Waals surface area (Å²) in [6, 6.07) is 21.4. The molecule has 2 aromatic carbocycles. The molecule has 0 saturated carbocycles. The number of hydrogen-bond donors (Lipinski definition) is 1. The van der Waals surface area contributed by atoms with Crippen LogP contribution < -0.4 is 10.1 Å². The predicted molar refractivity (Wildman–Crippen MR) is 130 cm³/mol. The Balaban J connectivity index is 1.37. The number of carbonyl (C=O) groups is 1. The van der Waals surface area contributed by atoms with Gasteiger partial charge in [0.15, 0.2) is 0 Å². The lowest BCUT2D eigenvalue weighted by Crippen LogP contribution is -2.25. The van der Waals surface area contributed by atoms with E-state index in [9.17, 15) is 4.79 Å². The van der Waals surface area contributed by atoms with Gasteiger partial charge in [-0.1, -0.05) is 42.5 Å². The largest absolute Gasteiger partial charge is 0.493 e. The van der Waals surface area contributed by atoms with E-state index < -0.39 is 0 Å². The lowest BCUT2D eigenvalue weighted by Gasteiger charge is -2.12. The second-order valence-corrected chi connectivity index (χ2v) is 7.72. The molecule has 6 nitrogen and oxygen atoms in total. The van der Waals surface area contributed by atoms with E-state index in [1.54, 1.807) is 24.4 Å². The topological polar surface area (TPSA) is 69.0 Å². The number of ether oxygens (including phenoxy) is 1. The van der Waals surface area contributed by atoms with Gasteiger partial charge in [-0.3, -0.25) is 9.78 Å². The normalized spacial score (nSPS) is 10.8. The first-order valence-electron chi connectivity index (χ1n) is 11.2. The van der Waals surface area contributed by atoms with Crippen molar-refractivity contribution in [2.24, 2.45) is 0 Å². The number of rotatable bonds is 11. The number of unbranched alkanes of at least 4 members (excludes halogenated alkanes) is 1. The van der Waals surface area contributed by atoms with Crippen molar-refractivity contribution >= 4 is 16.9 Å². The van der Waals surface area contributed by atoms with Crippen LogP contribution in [-0.4, -0.2) is 27.0 Å². The zero-order valence-corrected chi connectivity index (χ0v) is 18.6. The summed E-state index contributed by atoms with van der Waals surface area (Å²) in [6.45, 7) is 5.60. The van der Waals surface area contributed by atoms with Gasteiger partial charge in [-0.15, -0.1) is 6.58 Å². The van der Waals surface area contributed by atoms with Gasteiger partial charge in [0, 0.05) is 12.7 Å². The third kappa shape index (κ3) is 5.66. The summed E-state index contributed by atoms with van der Waals surface area (Å²) in [5, 5.41) is 2.94. The van der Waals surface area contributed by atoms with Crippen LogP contribution >= 0.6 is 0 Å². The number of aromatic nitrogens is 3. The Hall–Kier alpha value is -3.93. The van der Waals surface area contributed by atoms with Gasteiger partial charge in [0.25, 0.3) is 5.91 Å². The fraction of sp³-hybridized carbons (Fsp3) is 0.222. The molecule has 4 aromatic rings. The van der Waals surface area contributed by atoms with Crippen molar-refractivity contribution in [3.8, 4) is 5.75 Å². The molecule has 0 radical (unpaired) electrons. The maximum atomic E-state index is 12.4. The van der Waals surface area contributed by atoms with Crippen LogP contribution in [0.15, 0.2) is 85.6 Å². The van der Waals surface area contributed by atoms with E-state index in [0.29, 0.717) is 18.8 Å². The maximum Gasteiger partial charge on any atom is 0.270 e. The van der Waals surface area contributed by atoms with Gasteiger partial charge in [0.2, 0.25) is 0 Å². The van der Waals surface area contributed by atoms with Crippen molar-refractivity contribution in [2.75, 3.05) is 6.61 Å². The molecule has 0 aliphatic carbocycles. The zero-order chi connectivity index (χ0) is 22.9. The Morgan fingerprint density at radius 3 is 2.70 bits per heavy atom. The van der Waals surface area contributed by atoms with Crippen molar-refractivity contribution in [2.45, 2.75) is 32.4 Å². The van der Waals surface area contributed by atoms with Crippen LogP contribution in [-0.2, 0) is 19.5 Å². The summed E-state index contributed by atoms with van der Waals surface area (Å²) in [7, 11) is 0. The molecule has 0 atom stereocenters. The van der Waals surface area contributed by atoms with Crippen LogP contribution in [0.5, 0.6) is 5.75 Å². The number of aryl methyl sites for hydroxylation is 1. The van der Waals surface area contributed by atoms with Crippen molar-refractivity contribution in [1.82, 2.24) is 19.9 Å². The molecule has 0 unspecified atom stereocenters. The monoisotopic (exact) mass is 440 g/mol. The van der Waals surface area contributed by atoms with Crippen LogP contribution in [0.25, 0.3) is 11.0 Å². The Labute approximate surface area is 194 Å². The van der Waals surface area contributed by atoms with Crippen LogP contribution in [0, 0.1) is 0 Å². The van der Waals surface area contributed by atoms with E-state index in [-0.39, 0.29) is 5.91 Å². The highest BCUT2D eigenvalue weighted by Gasteiger charge is 2.13. The average Bonchev–Trinajstić information content (AvgIpc) is 3.21. The van der Waals surface area contributed by atoms with Crippen molar-refractivity contribution in [3.63, 3.8) is 0 Å². The fourth-order valence-electron chi connectivity index (χ4n) is 3.78. The molecule has 1 amide bonds. The van der Waals surface area contributed by atoms with Crippen molar-refractivity contribution in [3.05, 3.63) is 103 Å². The second-order valence-electron chi connectivity index (χ2n) is 7.72. The minimum atomic E-state index is -0.208. The zero-order valence-electron chi connectivity index (χ0n) is 18.6. The smallest absolute Gasteiger partial charge is 0.270 e. The molecule has 2 aromatic heterocycles. The molecular weight excluding hydrogens is 412 g/mol. The summed E-state index contributed by atoms with van der Waals surface area (Å²) in [6.07, 6.45) is 6.15. The molecule has 6 heteroatoms. The first-order chi connectivity index (χ1) is 16.3.